The van der Waals surface area contributed by atoms with Crippen molar-refractivity contribution in [2.75, 3.05) is 13.1 Å². The lowest BCUT2D eigenvalue weighted by molar-refractivity contribution is 0.143. The highest BCUT2D eigenvalue weighted by molar-refractivity contribution is 5.16. The molecule has 1 aliphatic rings. The highest BCUT2D eigenvalue weighted by Crippen LogP contribution is 2.20. The molecule has 2 rings (SSSR count). The molecule has 1 aliphatic heterocycles. The maximum absolute atomic E-state index is 2.73. The average molecular weight is 245 g/mol. The van der Waals surface area contributed by atoms with Crippen LogP contribution >= 0.6 is 0 Å². The van der Waals surface area contributed by atoms with E-state index in [1.165, 1.54) is 50.8 Å². The summed E-state index contributed by atoms with van der Waals surface area (Å²) in [6.45, 7) is 7.32. The number of piperidine rings is 1. The van der Waals surface area contributed by atoms with Gasteiger partial charge in [0.15, 0.2) is 0 Å². The Morgan fingerprint density at radius 2 is 1.67 bits per heavy atom. The molecular weight excluding hydrogens is 218 g/mol. The summed E-state index contributed by atoms with van der Waals surface area (Å²) in [5.41, 5.74) is 1.49. The Morgan fingerprint density at radius 1 is 1.00 bits per heavy atom. The Labute approximate surface area is 112 Å². The monoisotopic (exact) mass is 245 g/mol. The van der Waals surface area contributed by atoms with Crippen LogP contribution < -0.4 is 0 Å². The Kier molecular flexibility index (Phi) is 5.25. The van der Waals surface area contributed by atoms with Crippen molar-refractivity contribution in [2.24, 2.45) is 5.92 Å². The Balaban J connectivity index is 1.99. The third kappa shape index (κ3) is 4.13. The van der Waals surface area contributed by atoms with Crippen molar-refractivity contribution in [3.8, 4) is 0 Å². The Bertz CT molecular complexity index is 325. The van der Waals surface area contributed by atoms with Crippen molar-refractivity contribution in [3.05, 3.63) is 35.9 Å². The lowest BCUT2D eigenvalue weighted by Crippen LogP contribution is -2.41. The van der Waals surface area contributed by atoms with Crippen molar-refractivity contribution in [1.29, 1.82) is 0 Å². The molecule has 0 aromatic heterocycles. The number of likely N-dealkylation sites (tertiary alicyclic amines) is 1. The van der Waals surface area contributed by atoms with Crippen molar-refractivity contribution in [2.45, 2.75) is 52.0 Å². The van der Waals surface area contributed by atoms with Crippen LogP contribution in [0.25, 0.3) is 0 Å². The van der Waals surface area contributed by atoms with Gasteiger partial charge in [-0.15, -0.1) is 0 Å². The first kappa shape index (κ1) is 13.6. The van der Waals surface area contributed by atoms with E-state index in [1.54, 1.807) is 0 Å². The summed E-state index contributed by atoms with van der Waals surface area (Å²) in [6, 6.07) is 11.7. The number of nitrogens with zero attached hydrogens (tertiary/aromatic N) is 1. The number of rotatable bonds is 5. The summed E-state index contributed by atoms with van der Waals surface area (Å²) in [4.78, 5) is 2.73. The van der Waals surface area contributed by atoms with Crippen LogP contribution in [0.1, 0.15) is 45.1 Å². The van der Waals surface area contributed by atoms with E-state index in [9.17, 15) is 0 Å². The molecule has 0 aliphatic carbocycles. The van der Waals surface area contributed by atoms with Gasteiger partial charge in [0, 0.05) is 6.04 Å². The van der Waals surface area contributed by atoms with Crippen LogP contribution in [0.2, 0.25) is 0 Å². The summed E-state index contributed by atoms with van der Waals surface area (Å²) < 4.78 is 0. The van der Waals surface area contributed by atoms with Gasteiger partial charge in [0.1, 0.15) is 0 Å². The van der Waals surface area contributed by atoms with Crippen LogP contribution in [0.4, 0.5) is 0 Å². The number of benzene rings is 1. The molecule has 0 radical (unpaired) electrons. The zero-order chi connectivity index (χ0) is 12.8. The zero-order valence-electron chi connectivity index (χ0n) is 11.9. The van der Waals surface area contributed by atoms with Gasteiger partial charge in [0.05, 0.1) is 0 Å². The number of hydrogen-bond acceptors (Lipinski definition) is 1. The van der Waals surface area contributed by atoms with Gasteiger partial charge in [-0.1, -0.05) is 50.6 Å². The fourth-order valence-electron chi connectivity index (χ4n) is 3.08. The molecule has 1 heterocycles. The maximum atomic E-state index is 2.73. The van der Waals surface area contributed by atoms with Crippen LogP contribution in [0, 0.1) is 5.92 Å². The Hall–Kier alpha value is -0.820. The van der Waals surface area contributed by atoms with Gasteiger partial charge in [-0.05, 0) is 50.3 Å². The van der Waals surface area contributed by atoms with E-state index in [2.05, 4.69) is 49.1 Å². The molecule has 0 N–H and O–H groups in total. The van der Waals surface area contributed by atoms with E-state index in [0.717, 1.165) is 12.0 Å². The molecule has 1 fully saturated rings. The predicted molar refractivity (Wildman–Crippen MR) is 78.8 cm³/mol. The summed E-state index contributed by atoms with van der Waals surface area (Å²) in [6.07, 6.45) is 6.76. The fraction of sp³-hybridized carbons (Fsp3) is 0.647. The molecule has 1 nitrogen and oxygen atoms in total. The molecule has 1 aromatic rings. The lowest BCUT2D eigenvalue weighted by Gasteiger charge is -2.35. The van der Waals surface area contributed by atoms with Gasteiger partial charge in [0.2, 0.25) is 0 Å². The van der Waals surface area contributed by atoms with Crippen molar-refractivity contribution < 1.29 is 0 Å². The average Bonchev–Trinajstić information content (AvgIpc) is 2.40. The van der Waals surface area contributed by atoms with E-state index in [0.29, 0.717) is 0 Å². The van der Waals surface area contributed by atoms with Gasteiger partial charge >= 0.3 is 0 Å². The molecule has 0 spiro atoms. The lowest BCUT2D eigenvalue weighted by atomic mass is 9.94. The second-order valence-corrected chi connectivity index (χ2v) is 6.07. The van der Waals surface area contributed by atoms with Crippen LogP contribution in [0.15, 0.2) is 30.3 Å². The predicted octanol–water partition coefficient (Wildman–Crippen LogP) is 4.13. The van der Waals surface area contributed by atoms with Crippen LogP contribution in [-0.4, -0.2) is 24.0 Å². The minimum absolute atomic E-state index is 0.743. The first-order valence-electron chi connectivity index (χ1n) is 7.53. The summed E-state index contributed by atoms with van der Waals surface area (Å²) in [7, 11) is 0. The molecule has 1 unspecified atom stereocenters. The van der Waals surface area contributed by atoms with Crippen molar-refractivity contribution in [1.82, 2.24) is 4.90 Å². The van der Waals surface area contributed by atoms with Gasteiger partial charge in [-0.2, -0.15) is 0 Å². The molecule has 1 heteroatoms. The van der Waals surface area contributed by atoms with Crippen molar-refractivity contribution >= 4 is 0 Å². The number of hydrogen-bond donors (Lipinski definition) is 0. The maximum Gasteiger partial charge on any atom is 0.0138 e. The summed E-state index contributed by atoms with van der Waals surface area (Å²) >= 11 is 0. The Morgan fingerprint density at radius 3 is 2.28 bits per heavy atom. The topological polar surface area (TPSA) is 3.24 Å². The molecule has 1 aromatic carbocycles. The zero-order valence-corrected chi connectivity index (χ0v) is 11.9. The van der Waals surface area contributed by atoms with E-state index < -0.39 is 0 Å². The normalized spacial score (nSPS) is 19.1. The van der Waals surface area contributed by atoms with E-state index in [-0.39, 0.29) is 0 Å². The fourth-order valence-corrected chi connectivity index (χ4v) is 3.08. The van der Waals surface area contributed by atoms with Crippen LogP contribution in [0.3, 0.4) is 0 Å². The second-order valence-electron chi connectivity index (χ2n) is 6.07. The third-order valence-electron chi connectivity index (χ3n) is 3.96. The van der Waals surface area contributed by atoms with E-state index in [1.807, 2.05) is 0 Å². The largest absolute Gasteiger partial charge is 0.300 e. The first-order chi connectivity index (χ1) is 8.75. The van der Waals surface area contributed by atoms with Crippen LogP contribution in [-0.2, 0) is 6.42 Å². The standard InChI is InChI=1S/C17H27N/c1-15(2)13-17(18-11-7-4-8-12-18)14-16-9-5-3-6-10-16/h3,5-6,9-10,15,17H,4,7-8,11-14H2,1-2H3. The molecule has 1 saturated heterocycles. The first-order valence-corrected chi connectivity index (χ1v) is 7.53. The molecule has 100 valence electrons. The van der Waals surface area contributed by atoms with E-state index >= 15 is 0 Å². The molecular formula is C17H27N. The molecule has 18 heavy (non-hydrogen) atoms. The minimum atomic E-state index is 0.743. The van der Waals surface area contributed by atoms with Gasteiger partial charge in [-0.3, -0.25) is 0 Å². The van der Waals surface area contributed by atoms with Gasteiger partial charge in [0.25, 0.3) is 0 Å². The minimum Gasteiger partial charge on any atom is -0.300 e. The van der Waals surface area contributed by atoms with Crippen molar-refractivity contribution in [3.63, 3.8) is 0 Å². The molecule has 0 amide bonds. The highest BCUT2D eigenvalue weighted by Gasteiger charge is 2.21. The third-order valence-corrected chi connectivity index (χ3v) is 3.96. The summed E-state index contributed by atoms with van der Waals surface area (Å²) in [5, 5.41) is 0. The summed E-state index contributed by atoms with van der Waals surface area (Å²) in [5.74, 6) is 0.792. The molecule has 1 atom stereocenters. The quantitative estimate of drug-likeness (QED) is 0.754. The van der Waals surface area contributed by atoms with Gasteiger partial charge in [-0.25, -0.2) is 0 Å². The second kappa shape index (κ2) is 6.94. The van der Waals surface area contributed by atoms with E-state index in [4.69, 9.17) is 0 Å². The molecule has 0 bridgehead atoms. The smallest absolute Gasteiger partial charge is 0.0138 e. The highest BCUT2D eigenvalue weighted by atomic mass is 15.2. The SMILES string of the molecule is CC(C)CC(Cc1ccccc1)N1CCCCC1. The molecule has 0 saturated carbocycles. The van der Waals surface area contributed by atoms with Crippen LogP contribution in [0.5, 0.6) is 0 Å². The van der Waals surface area contributed by atoms with Gasteiger partial charge < -0.3 is 4.90 Å².